The van der Waals surface area contributed by atoms with Gasteiger partial charge in [-0.05, 0) is 43.4 Å². The fraction of sp³-hybridized carbons (Fsp3) is 0.462. The number of carbonyl (C=O) groups is 1. The summed E-state index contributed by atoms with van der Waals surface area (Å²) in [5.74, 6) is 0.175. The molecule has 1 aromatic rings. The van der Waals surface area contributed by atoms with Gasteiger partial charge in [-0.2, -0.15) is 0 Å². The largest absolute Gasteiger partial charge is 0.490 e. The average molecular weight is 220 g/mol. The Kier molecular flexibility index (Phi) is 3.13. The van der Waals surface area contributed by atoms with E-state index in [4.69, 9.17) is 9.84 Å². The minimum absolute atomic E-state index is 0.175. The van der Waals surface area contributed by atoms with Crippen LogP contribution in [0.1, 0.15) is 30.9 Å². The maximum absolute atomic E-state index is 10.5. The van der Waals surface area contributed by atoms with Crippen LogP contribution in [0, 0.1) is 0 Å². The Labute approximate surface area is 95.0 Å². The zero-order chi connectivity index (χ0) is 11.5. The van der Waals surface area contributed by atoms with E-state index in [-0.39, 0.29) is 12.5 Å². The molecule has 1 aromatic carbocycles. The molecule has 1 heterocycles. The quantitative estimate of drug-likeness (QED) is 0.850. The number of aryl methyl sites for hydroxylation is 2. The monoisotopic (exact) mass is 220 g/mol. The molecule has 86 valence electrons. The molecule has 0 fully saturated rings. The normalized spacial score (nSPS) is 18.7. The zero-order valence-corrected chi connectivity index (χ0v) is 9.40. The van der Waals surface area contributed by atoms with Gasteiger partial charge in [0.2, 0.25) is 0 Å². The van der Waals surface area contributed by atoms with E-state index < -0.39 is 5.97 Å². The van der Waals surface area contributed by atoms with Gasteiger partial charge in [-0.1, -0.05) is 12.1 Å². The first kappa shape index (κ1) is 11.0. The molecule has 1 aliphatic heterocycles. The molecule has 0 aromatic heterocycles. The highest BCUT2D eigenvalue weighted by atomic mass is 16.5. The van der Waals surface area contributed by atoms with Crippen molar-refractivity contribution < 1.29 is 14.6 Å². The smallest absolute Gasteiger partial charge is 0.303 e. The molecule has 1 atom stereocenters. The van der Waals surface area contributed by atoms with E-state index in [1.165, 1.54) is 5.56 Å². The van der Waals surface area contributed by atoms with Crippen LogP contribution in [0.2, 0.25) is 0 Å². The first-order chi connectivity index (χ1) is 7.65. The number of fused-ring (bicyclic) bond motifs is 1. The van der Waals surface area contributed by atoms with Gasteiger partial charge in [0, 0.05) is 6.42 Å². The first-order valence-electron chi connectivity index (χ1n) is 5.65. The van der Waals surface area contributed by atoms with Gasteiger partial charge in [-0.25, -0.2) is 0 Å². The van der Waals surface area contributed by atoms with Crippen LogP contribution in [0.4, 0.5) is 0 Å². The Balaban J connectivity index is 2.11. The number of aliphatic carboxylic acids is 1. The molecule has 0 spiro atoms. The van der Waals surface area contributed by atoms with Gasteiger partial charge in [0.1, 0.15) is 5.75 Å². The van der Waals surface area contributed by atoms with Crippen LogP contribution in [0.5, 0.6) is 5.75 Å². The van der Waals surface area contributed by atoms with E-state index in [2.05, 4.69) is 13.0 Å². The van der Waals surface area contributed by atoms with Crippen LogP contribution in [0.3, 0.4) is 0 Å². The Morgan fingerprint density at radius 3 is 3.12 bits per heavy atom. The number of hydrogen-bond donors (Lipinski definition) is 1. The van der Waals surface area contributed by atoms with Gasteiger partial charge in [-0.3, -0.25) is 4.79 Å². The highest BCUT2D eigenvalue weighted by Gasteiger charge is 2.16. The van der Waals surface area contributed by atoms with Gasteiger partial charge in [0.25, 0.3) is 0 Å². The molecule has 1 N–H and O–H groups in total. The van der Waals surface area contributed by atoms with Crippen molar-refractivity contribution in [1.82, 2.24) is 0 Å². The van der Waals surface area contributed by atoms with Crippen molar-refractivity contribution in [2.45, 2.75) is 38.7 Å². The summed E-state index contributed by atoms with van der Waals surface area (Å²) in [5, 5.41) is 8.62. The number of hydrogen-bond acceptors (Lipinski definition) is 2. The van der Waals surface area contributed by atoms with Crippen molar-refractivity contribution in [3.05, 3.63) is 29.3 Å². The lowest BCUT2D eigenvalue weighted by molar-refractivity contribution is -0.136. The molecule has 16 heavy (non-hydrogen) atoms. The summed E-state index contributed by atoms with van der Waals surface area (Å²) < 4.78 is 5.73. The van der Waals surface area contributed by atoms with Crippen LogP contribution in [-0.4, -0.2) is 17.2 Å². The predicted octanol–water partition coefficient (Wildman–Crippen LogP) is 2.42. The maximum Gasteiger partial charge on any atom is 0.303 e. The second-order valence-electron chi connectivity index (χ2n) is 4.30. The van der Waals surface area contributed by atoms with Gasteiger partial charge >= 0.3 is 5.97 Å². The van der Waals surface area contributed by atoms with Crippen molar-refractivity contribution >= 4 is 5.97 Å². The topological polar surface area (TPSA) is 46.5 Å². The summed E-state index contributed by atoms with van der Waals surface area (Å²) in [7, 11) is 0. The molecule has 0 radical (unpaired) electrons. The van der Waals surface area contributed by atoms with Crippen molar-refractivity contribution in [3.63, 3.8) is 0 Å². The Morgan fingerprint density at radius 2 is 2.38 bits per heavy atom. The SMILES string of the molecule is CC1CCc2ccc(CCC(=O)O)cc2O1. The van der Waals surface area contributed by atoms with Crippen LogP contribution in [0.25, 0.3) is 0 Å². The van der Waals surface area contributed by atoms with E-state index in [0.717, 1.165) is 24.2 Å². The minimum Gasteiger partial charge on any atom is -0.490 e. The number of ether oxygens (including phenoxy) is 1. The van der Waals surface area contributed by atoms with Gasteiger partial charge in [0.05, 0.1) is 6.10 Å². The summed E-state index contributed by atoms with van der Waals surface area (Å²) in [5.41, 5.74) is 2.27. The van der Waals surface area contributed by atoms with E-state index in [0.29, 0.717) is 6.42 Å². The lowest BCUT2D eigenvalue weighted by Gasteiger charge is -2.23. The Bertz CT molecular complexity index is 398. The molecule has 0 bridgehead atoms. The third kappa shape index (κ3) is 2.54. The summed E-state index contributed by atoms with van der Waals surface area (Å²) in [6.07, 6.45) is 3.12. The summed E-state index contributed by atoms with van der Waals surface area (Å²) >= 11 is 0. The fourth-order valence-electron chi connectivity index (χ4n) is 1.96. The van der Waals surface area contributed by atoms with Gasteiger partial charge in [0.15, 0.2) is 0 Å². The van der Waals surface area contributed by atoms with E-state index in [9.17, 15) is 4.79 Å². The van der Waals surface area contributed by atoms with Crippen molar-refractivity contribution in [2.75, 3.05) is 0 Å². The highest BCUT2D eigenvalue weighted by molar-refractivity contribution is 5.67. The van der Waals surface area contributed by atoms with E-state index in [1.807, 2.05) is 12.1 Å². The van der Waals surface area contributed by atoms with Gasteiger partial charge < -0.3 is 9.84 Å². The lowest BCUT2D eigenvalue weighted by atomic mass is 9.99. The number of carboxylic acid groups (broad SMARTS) is 1. The van der Waals surface area contributed by atoms with Crippen LogP contribution in [-0.2, 0) is 17.6 Å². The van der Waals surface area contributed by atoms with Crippen LogP contribution >= 0.6 is 0 Å². The molecule has 3 heteroatoms. The van der Waals surface area contributed by atoms with Crippen molar-refractivity contribution in [3.8, 4) is 5.75 Å². The predicted molar refractivity (Wildman–Crippen MR) is 60.8 cm³/mol. The molecule has 1 aliphatic rings. The molecule has 0 saturated carbocycles. The molecular weight excluding hydrogens is 204 g/mol. The zero-order valence-electron chi connectivity index (χ0n) is 9.40. The minimum atomic E-state index is -0.757. The Morgan fingerprint density at radius 1 is 1.56 bits per heavy atom. The van der Waals surface area contributed by atoms with Gasteiger partial charge in [-0.15, -0.1) is 0 Å². The van der Waals surface area contributed by atoms with Crippen molar-refractivity contribution in [1.29, 1.82) is 0 Å². The maximum atomic E-state index is 10.5. The average Bonchev–Trinajstić information content (AvgIpc) is 2.25. The molecule has 0 aliphatic carbocycles. The third-order valence-corrected chi connectivity index (χ3v) is 2.91. The molecular formula is C13H16O3. The Hall–Kier alpha value is -1.51. The second kappa shape index (κ2) is 4.56. The van der Waals surface area contributed by atoms with E-state index >= 15 is 0 Å². The highest BCUT2D eigenvalue weighted by Crippen LogP contribution is 2.28. The summed E-state index contributed by atoms with van der Waals surface area (Å²) in [6.45, 7) is 2.06. The number of rotatable bonds is 3. The first-order valence-corrected chi connectivity index (χ1v) is 5.65. The number of carboxylic acids is 1. The lowest BCUT2D eigenvalue weighted by Crippen LogP contribution is -2.18. The third-order valence-electron chi connectivity index (χ3n) is 2.91. The fourth-order valence-corrected chi connectivity index (χ4v) is 1.96. The standard InChI is InChI=1S/C13H16O3/c1-9-2-5-11-6-3-10(4-7-13(14)15)8-12(11)16-9/h3,6,8-9H,2,4-5,7H2,1H3,(H,14,15). The second-order valence-corrected chi connectivity index (χ2v) is 4.30. The van der Waals surface area contributed by atoms with Crippen LogP contribution in [0.15, 0.2) is 18.2 Å². The summed E-state index contributed by atoms with van der Waals surface area (Å²) in [6, 6.07) is 6.04. The molecule has 0 saturated heterocycles. The summed E-state index contributed by atoms with van der Waals surface area (Å²) in [4.78, 5) is 10.5. The molecule has 2 rings (SSSR count). The molecule has 3 nitrogen and oxygen atoms in total. The van der Waals surface area contributed by atoms with Crippen LogP contribution < -0.4 is 4.74 Å². The number of benzene rings is 1. The molecule has 1 unspecified atom stereocenters. The van der Waals surface area contributed by atoms with Crippen molar-refractivity contribution in [2.24, 2.45) is 0 Å². The molecule has 0 amide bonds. The van der Waals surface area contributed by atoms with E-state index in [1.54, 1.807) is 0 Å².